The van der Waals surface area contributed by atoms with Crippen LogP contribution in [0.4, 0.5) is 0 Å². The van der Waals surface area contributed by atoms with Gasteiger partial charge in [0.1, 0.15) is 5.75 Å². The summed E-state index contributed by atoms with van der Waals surface area (Å²) in [6.07, 6.45) is 1.96. The molecule has 1 aromatic heterocycles. The van der Waals surface area contributed by atoms with E-state index in [1.807, 2.05) is 35.0 Å². The summed E-state index contributed by atoms with van der Waals surface area (Å²) in [5.41, 5.74) is 1.95. The second kappa shape index (κ2) is 8.61. The van der Waals surface area contributed by atoms with E-state index >= 15 is 0 Å². The van der Waals surface area contributed by atoms with Gasteiger partial charge in [-0.15, -0.1) is 0 Å². The molecule has 0 aliphatic carbocycles. The molecule has 3 aromatic rings. The third-order valence-electron chi connectivity index (χ3n) is 5.37. The lowest BCUT2D eigenvalue weighted by molar-refractivity contribution is 0.0603. The highest BCUT2D eigenvalue weighted by Gasteiger charge is 2.35. The van der Waals surface area contributed by atoms with Gasteiger partial charge in [-0.1, -0.05) is 0 Å². The molecule has 0 atom stereocenters. The number of fused-ring (bicyclic) bond motifs is 2. The molecule has 0 fully saturated rings. The van der Waals surface area contributed by atoms with Gasteiger partial charge < -0.3 is 19.4 Å². The molecule has 1 aliphatic rings. The van der Waals surface area contributed by atoms with Crippen molar-refractivity contribution in [2.75, 3.05) is 33.9 Å². The number of rotatable bonds is 8. The number of carbonyl (C=O) groups is 3. The third kappa shape index (κ3) is 3.89. The summed E-state index contributed by atoms with van der Waals surface area (Å²) in [7, 11) is 3.14. The Hall–Kier alpha value is -3.65. The summed E-state index contributed by atoms with van der Waals surface area (Å²) < 4.78 is 12.2. The Bertz CT molecular complexity index is 1170. The average molecular weight is 421 g/mol. The molecule has 0 radical (unpaired) electrons. The number of nitrogens with zero attached hydrogens (tertiary/aromatic N) is 2. The molecule has 8 nitrogen and oxygen atoms in total. The van der Waals surface area contributed by atoms with Crippen LogP contribution in [0, 0.1) is 0 Å². The Kier molecular flexibility index (Phi) is 5.73. The number of nitrogens with one attached hydrogen (secondary N) is 1. The third-order valence-corrected chi connectivity index (χ3v) is 5.37. The Morgan fingerprint density at radius 2 is 1.77 bits per heavy atom. The van der Waals surface area contributed by atoms with Crippen LogP contribution < -0.4 is 10.1 Å². The van der Waals surface area contributed by atoms with E-state index in [0.717, 1.165) is 21.6 Å². The summed E-state index contributed by atoms with van der Waals surface area (Å²) >= 11 is 0. The fourth-order valence-corrected chi connectivity index (χ4v) is 3.71. The van der Waals surface area contributed by atoms with Crippen LogP contribution in [0.5, 0.6) is 5.75 Å². The van der Waals surface area contributed by atoms with Crippen molar-refractivity contribution in [2.24, 2.45) is 0 Å². The quantitative estimate of drug-likeness (QED) is 0.564. The van der Waals surface area contributed by atoms with E-state index in [9.17, 15) is 14.4 Å². The standard InChI is InChI=1S/C23H23N3O5/c1-30-12-11-26-22(28)18-5-3-16(14-19(18)23(26)29)21(27)24-8-10-25-9-7-15-13-17(31-2)4-6-20(15)25/h3-7,9,13-14H,8,10-12H2,1-2H3,(H,24,27). The Balaban J connectivity index is 1.41. The molecule has 0 unspecified atom stereocenters. The van der Waals surface area contributed by atoms with E-state index in [0.29, 0.717) is 24.2 Å². The second-order valence-corrected chi connectivity index (χ2v) is 7.20. The topological polar surface area (TPSA) is 89.9 Å². The largest absolute Gasteiger partial charge is 0.497 e. The van der Waals surface area contributed by atoms with Crippen LogP contribution in [-0.4, -0.2) is 61.1 Å². The van der Waals surface area contributed by atoms with Gasteiger partial charge in [-0.25, -0.2) is 0 Å². The maximum Gasteiger partial charge on any atom is 0.261 e. The van der Waals surface area contributed by atoms with Crippen LogP contribution in [0.25, 0.3) is 10.9 Å². The molecule has 1 N–H and O–H groups in total. The maximum atomic E-state index is 12.6. The van der Waals surface area contributed by atoms with Gasteiger partial charge in [0.05, 0.1) is 31.4 Å². The summed E-state index contributed by atoms with van der Waals surface area (Å²) in [5.74, 6) is -0.262. The van der Waals surface area contributed by atoms with E-state index in [2.05, 4.69) is 5.32 Å². The fourth-order valence-electron chi connectivity index (χ4n) is 3.71. The first-order valence-electron chi connectivity index (χ1n) is 9.93. The number of benzene rings is 2. The SMILES string of the molecule is COCCN1C(=O)c2ccc(C(=O)NCCn3ccc4cc(OC)ccc43)cc2C1=O. The molecule has 1 aliphatic heterocycles. The Morgan fingerprint density at radius 1 is 0.968 bits per heavy atom. The first-order chi connectivity index (χ1) is 15.0. The molecule has 31 heavy (non-hydrogen) atoms. The van der Waals surface area contributed by atoms with E-state index in [1.165, 1.54) is 19.2 Å². The van der Waals surface area contributed by atoms with Gasteiger partial charge in [0.2, 0.25) is 0 Å². The van der Waals surface area contributed by atoms with Crippen molar-refractivity contribution in [2.45, 2.75) is 6.54 Å². The minimum atomic E-state index is -0.402. The zero-order valence-electron chi connectivity index (χ0n) is 17.4. The first kappa shape index (κ1) is 20.6. The number of hydrogen-bond donors (Lipinski definition) is 1. The van der Waals surface area contributed by atoms with Crippen LogP contribution in [0.1, 0.15) is 31.1 Å². The van der Waals surface area contributed by atoms with Crippen molar-refractivity contribution in [3.05, 3.63) is 65.4 Å². The highest BCUT2D eigenvalue weighted by molar-refractivity contribution is 6.22. The predicted octanol–water partition coefficient (Wildman–Crippen LogP) is 2.32. The van der Waals surface area contributed by atoms with Gasteiger partial charge in [-0.2, -0.15) is 0 Å². The molecule has 2 aromatic carbocycles. The lowest BCUT2D eigenvalue weighted by atomic mass is 10.1. The van der Waals surface area contributed by atoms with Gasteiger partial charge in [-0.05, 0) is 42.5 Å². The molecular weight excluding hydrogens is 398 g/mol. The molecule has 0 spiro atoms. The molecule has 0 saturated carbocycles. The van der Waals surface area contributed by atoms with E-state index in [4.69, 9.17) is 9.47 Å². The van der Waals surface area contributed by atoms with Crippen molar-refractivity contribution >= 4 is 28.6 Å². The van der Waals surface area contributed by atoms with Crippen LogP contribution >= 0.6 is 0 Å². The molecule has 4 rings (SSSR count). The first-order valence-corrected chi connectivity index (χ1v) is 9.93. The summed E-state index contributed by atoms with van der Waals surface area (Å²) in [6.45, 7) is 1.45. The molecule has 0 saturated heterocycles. The van der Waals surface area contributed by atoms with Crippen molar-refractivity contribution in [3.63, 3.8) is 0 Å². The van der Waals surface area contributed by atoms with Gasteiger partial charge >= 0.3 is 0 Å². The van der Waals surface area contributed by atoms with Crippen molar-refractivity contribution in [3.8, 4) is 5.75 Å². The van der Waals surface area contributed by atoms with Crippen LogP contribution in [0.2, 0.25) is 0 Å². The molecule has 2 heterocycles. The van der Waals surface area contributed by atoms with Gasteiger partial charge in [-0.3, -0.25) is 19.3 Å². The van der Waals surface area contributed by atoms with Crippen molar-refractivity contribution < 1.29 is 23.9 Å². The minimum Gasteiger partial charge on any atom is -0.497 e. The normalized spacial score (nSPS) is 13.0. The molecule has 160 valence electrons. The molecule has 3 amide bonds. The molecule has 0 bridgehead atoms. The predicted molar refractivity (Wildman–Crippen MR) is 115 cm³/mol. The number of hydrogen-bond acceptors (Lipinski definition) is 5. The number of carbonyl (C=O) groups excluding carboxylic acids is 3. The Morgan fingerprint density at radius 3 is 2.55 bits per heavy atom. The number of amides is 3. The van der Waals surface area contributed by atoms with E-state index in [-0.39, 0.29) is 30.5 Å². The highest BCUT2D eigenvalue weighted by atomic mass is 16.5. The zero-order chi connectivity index (χ0) is 22.0. The lowest BCUT2D eigenvalue weighted by Crippen LogP contribution is -2.32. The smallest absolute Gasteiger partial charge is 0.261 e. The summed E-state index contributed by atoms with van der Waals surface area (Å²) in [6, 6.07) is 12.4. The number of methoxy groups -OCH3 is 2. The number of aromatic nitrogens is 1. The van der Waals surface area contributed by atoms with Gasteiger partial charge in [0, 0.05) is 42.9 Å². The van der Waals surface area contributed by atoms with Crippen LogP contribution in [-0.2, 0) is 11.3 Å². The zero-order valence-corrected chi connectivity index (χ0v) is 17.4. The van der Waals surface area contributed by atoms with Crippen LogP contribution in [0.15, 0.2) is 48.7 Å². The molecular formula is C23H23N3O5. The lowest BCUT2D eigenvalue weighted by Gasteiger charge is -2.12. The highest BCUT2D eigenvalue weighted by Crippen LogP contribution is 2.24. The number of imide groups is 1. The monoisotopic (exact) mass is 421 g/mol. The number of ether oxygens (including phenoxy) is 2. The fraction of sp³-hybridized carbons (Fsp3) is 0.261. The van der Waals surface area contributed by atoms with Crippen molar-refractivity contribution in [1.82, 2.24) is 14.8 Å². The molecule has 8 heteroatoms. The van der Waals surface area contributed by atoms with E-state index < -0.39 is 5.91 Å². The van der Waals surface area contributed by atoms with Gasteiger partial charge in [0.25, 0.3) is 17.7 Å². The average Bonchev–Trinajstić information content (AvgIpc) is 3.30. The summed E-state index contributed by atoms with van der Waals surface area (Å²) in [5, 5.41) is 3.93. The minimum absolute atomic E-state index is 0.182. The summed E-state index contributed by atoms with van der Waals surface area (Å²) in [4.78, 5) is 38.7. The van der Waals surface area contributed by atoms with Crippen molar-refractivity contribution in [1.29, 1.82) is 0 Å². The van der Waals surface area contributed by atoms with E-state index in [1.54, 1.807) is 13.2 Å². The maximum absolute atomic E-state index is 12.6. The van der Waals surface area contributed by atoms with Crippen LogP contribution in [0.3, 0.4) is 0 Å². The second-order valence-electron chi connectivity index (χ2n) is 7.20. The van der Waals surface area contributed by atoms with Gasteiger partial charge in [0.15, 0.2) is 0 Å². The Labute approximate surface area is 179 Å².